The molecule has 8 heteroatoms. The summed E-state index contributed by atoms with van der Waals surface area (Å²) in [5.74, 6) is 0.581. The SMILES string of the molecule is Cc1nn(-c2ccccc2)nc1COc1cccc([C@H]2OC(CO)CC(O)C2O)c1. The summed E-state index contributed by atoms with van der Waals surface area (Å²) in [6.07, 6.45) is -3.10. The van der Waals surface area contributed by atoms with E-state index in [1.807, 2.05) is 37.3 Å². The third-order valence-electron chi connectivity index (χ3n) is 5.18. The van der Waals surface area contributed by atoms with E-state index in [0.29, 0.717) is 17.0 Å². The van der Waals surface area contributed by atoms with Gasteiger partial charge in [0.1, 0.15) is 30.3 Å². The number of aliphatic hydroxyl groups excluding tert-OH is 3. The normalized spacial score (nSPS) is 24.0. The van der Waals surface area contributed by atoms with Gasteiger partial charge in [-0.2, -0.15) is 9.90 Å². The van der Waals surface area contributed by atoms with Crippen molar-refractivity contribution in [1.29, 1.82) is 0 Å². The highest BCUT2D eigenvalue weighted by molar-refractivity contribution is 5.32. The number of nitrogens with zero attached hydrogens (tertiary/aromatic N) is 3. The molecule has 2 heterocycles. The first-order valence-electron chi connectivity index (χ1n) is 9.88. The molecule has 3 unspecified atom stereocenters. The molecule has 0 spiro atoms. The zero-order chi connectivity index (χ0) is 21.1. The minimum Gasteiger partial charge on any atom is -0.487 e. The first-order valence-corrected chi connectivity index (χ1v) is 9.88. The maximum atomic E-state index is 10.3. The van der Waals surface area contributed by atoms with Crippen LogP contribution in [0, 0.1) is 6.92 Å². The zero-order valence-corrected chi connectivity index (χ0v) is 16.6. The second-order valence-corrected chi connectivity index (χ2v) is 7.37. The molecule has 0 amide bonds. The number of hydrogen-bond donors (Lipinski definition) is 3. The highest BCUT2D eigenvalue weighted by Gasteiger charge is 2.37. The van der Waals surface area contributed by atoms with Crippen LogP contribution in [-0.4, -0.2) is 55.2 Å². The van der Waals surface area contributed by atoms with Crippen LogP contribution in [0.4, 0.5) is 0 Å². The van der Waals surface area contributed by atoms with Crippen molar-refractivity contribution >= 4 is 0 Å². The van der Waals surface area contributed by atoms with E-state index in [-0.39, 0.29) is 19.6 Å². The Balaban J connectivity index is 1.47. The fourth-order valence-corrected chi connectivity index (χ4v) is 3.50. The van der Waals surface area contributed by atoms with Crippen molar-refractivity contribution in [2.45, 2.75) is 44.4 Å². The minimum absolute atomic E-state index is 0.195. The summed E-state index contributed by atoms with van der Waals surface area (Å²) in [6.45, 7) is 1.90. The summed E-state index contributed by atoms with van der Waals surface area (Å²) in [5, 5.41) is 38.7. The second-order valence-electron chi connectivity index (χ2n) is 7.37. The first kappa shape index (κ1) is 20.5. The van der Waals surface area contributed by atoms with E-state index in [9.17, 15) is 15.3 Å². The standard InChI is InChI=1S/C22H25N3O5/c1-14-19(24-25(23-14)16-7-3-2-4-8-16)13-29-17-9-5-6-15(10-17)22-21(28)20(27)11-18(12-26)30-22/h2-10,18,20-22,26-28H,11-13H2,1H3/t18?,20?,21?,22-/m1/s1. The largest absolute Gasteiger partial charge is 0.487 e. The van der Waals surface area contributed by atoms with E-state index < -0.39 is 24.4 Å². The van der Waals surface area contributed by atoms with Crippen LogP contribution < -0.4 is 4.74 Å². The molecular formula is C22H25N3O5. The number of aliphatic hydroxyl groups is 3. The van der Waals surface area contributed by atoms with Crippen LogP contribution >= 0.6 is 0 Å². The third kappa shape index (κ3) is 4.36. The number of rotatable bonds is 6. The third-order valence-corrected chi connectivity index (χ3v) is 5.18. The summed E-state index contributed by atoms with van der Waals surface area (Å²) in [6, 6.07) is 16.8. The Morgan fingerprint density at radius 2 is 1.90 bits per heavy atom. The quantitative estimate of drug-likeness (QED) is 0.566. The number of ether oxygens (including phenoxy) is 2. The van der Waals surface area contributed by atoms with Gasteiger partial charge in [0.2, 0.25) is 0 Å². The number of para-hydroxylation sites is 1. The number of aryl methyl sites for hydroxylation is 1. The van der Waals surface area contributed by atoms with Gasteiger partial charge in [0.05, 0.1) is 30.2 Å². The lowest BCUT2D eigenvalue weighted by molar-refractivity contribution is -0.179. The molecule has 158 valence electrons. The van der Waals surface area contributed by atoms with E-state index in [1.165, 1.54) is 0 Å². The molecule has 4 atom stereocenters. The molecule has 1 fully saturated rings. The molecule has 4 rings (SSSR count). The van der Waals surface area contributed by atoms with E-state index in [0.717, 1.165) is 11.4 Å². The molecule has 30 heavy (non-hydrogen) atoms. The van der Waals surface area contributed by atoms with Crippen LogP contribution in [0.5, 0.6) is 5.75 Å². The Morgan fingerprint density at radius 1 is 1.10 bits per heavy atom. The molecule has 1 aliphatic heterocycles. The van der Waals surface area contributed by atoms with E-state index in [2.05, 4.69) is 10.2 Å². The molecular weight excluding hydrogens is 386 g/mol. The molecule has 3 aromatic rings. The lowest BCUT2D eigenvalue weighted by Crippen LogP contribution is -2.44. The Morgan fingerprint density at radius 3 is 2.67 bits per heavy atom. The van der Waals surface area contributed by atoms with Crippen molar-refractivity contribution in [3.05, 3.63) is 71.5 Å². The summed E-state index contributed by atoms with van der Waals surface area (Å²) in [7, 11) is 0. The smallest absolute Gasteiger partial charge is 0.134 e. The number of aromatic nitrogens is 3. The van der Waals surface area contributed by atoms with E-state index >= 15 is 0 Å². The van der Waals surface area contributed by atoms with Gasteiger partial charge in [-0.25, -0.2) is 0 Å². The van der Waals surface area contributed by atoms with Crippen molar-refractivity contribution in [3.8, 4) is 11.4 Å². The average molecular weight is 411 g/mol. The fourth-order valence-electron chi connectivity index (χ4n) is 3.50. The maximum Gasteiger partial charge on any atom is 0.134 e. The van der Waals surface area contributed by atoms with Gasteiger partial charge in [-0.3, -0.25) is 0 Å². The number of benzene rings is 2. The van der Waals surface area contributed by atoms with Gasteiger partial charge in [0, 0.05) is 6.42 Å². The van der Waals surface area contributed by atoms with Crippen LogP contribution in [0.1, 0.15) is 29.5 Å². The van der Waals surface area contributed by atoms with Crippen molar-refractivity contribution in [2.24, 2.45) is 0 Å². The van der Waals surface area contributed by atoms with Crippen LogP contribution in [-0.2, 0) is 11.3 Å². The van der Waals surface area contributed by atoms with Gasteiger partial charge in [-0.1, -0.05) is 30.3 Å². The highest BCUT2D eigenvalue weighted by atomic mass is 16.5. The molecule has 3 N–H and O–H groups in total. The summed E-state index contributed by atoms with van der Waals surface area (Å²) in [4.78, 5) is 1.58. The summed E-state index contributed by atoms with van der Waals surface area (Å²) >= 11 is 0. The average Bonchev–Trinajstić information content (AvgIpc) is 3.15. The van der Waals surface area contributed by atoms with Crippen molar-refractivity contribution in [3.63, 3.8) is 0 Å². The van der Waals surface area contributed by atoms with Gasteiger partial charge in [0.25, 0.3) is 0 Å². The van der Waals surface area contributed by atoms with Gasteiger partial charge in [-0.15, -0.1) is 5.10 Å². The highest BCUT2D eigenvalue weighted by Crippen LogP contribution is 2.33. The monoisotopic (exact) mass is 411 g/mol. The lowest BCUT2D eigenvalue weighted by atomic mass is 9.93. The fraction of sp³-hybridized carbons (Fsp3) is 0.364. The Labute approximate surface area is 174 Å². The van der Waals surface area contributed by atoms with Gasteiger partial charge < -0.3 is 24.8 Å². The van der Waals surface area contributed by atoms with E-state index in [4.69, 9.17) is 9.47 Å². The molecule has 0 aliphatic carbocycles. The minimum atomic E-state index is -1.07. The molecule has 8 nitrogen and oxygen atoms in total. The van der Waals surface area contributed by atoms with Crippen LogP contribution in [0.25, 0.3) is 5.69 Å². The van der Waals surface area contributed by atoms with Crippen LogP contribution in [0.3, 0.4) is 0 Å². The molecule has 1 aromatic heterocycles. The zero-order valence-electron chi connectivity index (χ0n) is 16.6. The van der Waals surface area contributed by atoms with Crippen molar-refractivity contribution in [2.75, 3.05) is 6.61 Å². The molecule has 1 aliphatic rings. The lowest BCUT2D eigenvalue weighted by Gasteiger charge is -2.36. The Bertz CT molecular complexity index is 978. The Hall–Kier alpha value is -2.78. The maximum absolute atomic E-state index is 10.3. The molecule has 1 saturated heterocycles. The predicted molar refractivity (Wildman–Crippen MR) is 108 cm³/mol. The van der Waals surface area contributed by atoms with Crippen LogP contribution in [0.2, 0.25) is 0 Å². The van der Waals surface area contributed by atoms with Crippen molar-refractivity contribution in [1.82, 2.24) is 15.0 Å². The predicted octanol–water partition coefficient (Wildman–Crippen LogP) is 1.70. The second kappa shape index (κ2) is 8.93. The Kier molecular flexibility index (Phi) is 6.10. The van der Waals surface area contributed by atoms with Crippen LogP contribution in [0.15, 0.2) is 54.6 Å². The van der Waals surface area contributed by atoms with Gasteiger partial charge in [-0.05, 0) is 36.8 Å². The van der Waals surface area contributed by atoms with Crippen molar-refractivity contribution < 1.29 is 24.8 Å². The summed E-state index contributed by atoms with van der Waals surface area (Å²) in [5.41, 5.74) is 3.03. The first-order chi connectivity index (χ1) is 14.5. The topological polar surface area (TPSA) is 110 Å². The van der Waals surface area contributed by atoms with Gasteiger partial charge >= 0.3 is 0 Å². The molecule has 0 radical (unpaired) electrons. The summed E-state index contributed by atoms with van der Waals surface area (Å²) < 4.78 is 11.7. The molecule has 0 saturated carbocycles. The van der Waals surface area contributed by atoms with E-state index in [1.54, 1.807) is 29.1 Å². The molecule has 2 aromatic carbocycles. The molecule has 0 bridgehead atoms. The number of hydrogen-bond acceptors (Lipinski definition) is 7. The van der Waals surface area contributed by atoms with Gasteiger partial charge in [0.15, 0.2) is 0 Å².